The summed E-state index contributed by atoms with van der Waals surface area (Å²) in [6.45, 7) is 8.46. The van der Waals surface area contributed by atoms with Gasteiger partial charge in [-0.05, 0) is 37.4 Å². The minimum atomic E-state index is -0.384. The van der Waals surface area contributed by atoms with Crippen molar-refractivity contribution >= 4 is 44.9 Å². The standard InChI is InChI=1S/C20H21N3O2S2/c1-4-12-23-19(25)16-11-13-26-17(16)21-20(23)27-14(3)18(24)22(5-2)15-9-7-6-8-10-15/h4,6-11,13-14H,1,5,12H2,2-3H3. The topological polar surface area (TPSA) is 55.2 Å². The highest BCUT2D eigenvalue weighted by Gasteiger charge is 2.24. The molecule has 3 aromatic rings. The Morgan fingerprint density at radius 2 is 2.11 bits per heavy atom. The van der Waals surface area contributed by atoms with Crippen molar-refractivity contribution in [2.45, 2.75) is 30.8 Å². The van der Waals surface area contributed by atoms with Gasteiger partial charge in [0.1, 0.15) is 4.83 Å². The van der Waals surface area contributed by atoms with Crippen LogP contribution in [0.3, 0.4) is 0 Å². The number of hydrogen-bond acceptors (Lipinski definition) is 5. The van der Waals surface area contributed by atoms with Gasteiger partial charge in [0.15, 0.2) is 5.16 Å². The zero-order valence-electron chi connectivity index (χ0n) is 15.3. The molecule has 0 spiro atoms. The van der Waals surface area contributed by atoms with Crippen LogP contribution in [0, 0.1) is 0 Å². The van der Waals surface area contributed by atoms with E-state index >= 15 is 0 Å². The number of carbonyl (C=O) groups is 1. The van der Waals surface area contributed by atoms with E-state index in [1.165, 1.54) is 23.1 Å². The fraction of sp³-hybridized carbons (Fsp3) is 0.250. The summed E-state index contributed by atoms with van der Waals surface area (Å²) in [5.41, 5.74) is 0.765. The number of thiophene rings is 1. The highest BCUT2D eigenvalue weighted by atomic mass is 32.2. The van der Waals surface area contributed by atoms with Crippen LogP contribution in [-0.4, -0.2) is 27.3 Å². The first-order valence-electron chi connectivity index (χ1n) is 8.68. The number of allylic oxidation sites excluding steroid dienone is 1. The molecule has 0 saturated heterocycles. The zero-order chi connectivity index (χ0) is 19.4. The fourth-order valence-electron chi connectivity index (χ4n) is 2.81. The molecule has 140 valence electrons. The maximum absolute atomic E-state index is 13.0. The number of fused-ring (bicyclic) bond motifs is 1. The lowest BCUT2D eigenvalue weighted by molar-refractivity contribution is -0.117. The van der Waals surface area contributed by atoms with Crippen LogP contribution in [0.1, 0.15) is 13.8 Å². The van der Waals surface area contributed by atoms with Crippen LogP contribution in [0.5, 0.6) is 0 Å². The summed E-state index contributed by atoms with van der Waals surface area (Å²) in [6.07, 6.45) is 1.67. The molecular weight excluding hydrogens is 378 g/mol. The van der Waals surface area contributed by atoms with Gasteiger partial charge in [0.05, 0.1) is 10.6 Å². The Balaban J connectivity index is 1.91. The first-order chi connectivity index (χ1) is 13.1. The van der Waals surface area contributed by atoms with Gasteiger partial charge in [-0.2, -0.15) is 0 Å². The molecule has 7 heteroatoms. The predicted octanol–water partition coefficient (Wildman–Crippen LogP) is 4.18. The number of nitrogens with zero attached hydrogens (tertiary/aromatic N) is 3. The number of rotatable bonds is 7. The van der Waals surface area contributed by atoms with Gasteiger partial charge in [-0.3, -0.25) is 14.2 Å². The molecule has 2 aromatic heterocycles. The van der Waals surface area contributed by atoms with E-state index in [2.05, 4.69) is 11.6 Å². The molecule has 0 saturated carbocycles. The molecule has 0 bridgehead atoms. The van der Waals surface area contributed by atoms with E-state index in [9.17, 15) is 9.59 Å². The Kier molecular flexibility index (Phi) is 6.13. The maximum atomic E-state index is 13.0. The molecule has 1 amide bonds. The lowest BCUT2D eigenvalue weighted by atomic mass is 10.2. The molecule has 1 unspecified atom stereocenters. The molecule has 1 aromatic carbocycles. The third-order valence-electron chi connectivity index (χ3n) is 4.14. The SMILES string of the molecule is C=CCn1c(SC(C)C(=O)N(CC)c2ccccc2)nc2sccc2c1=O. The number of amides is 1. The maximum Gasteiger partial charge on any atom is 0.263 e. The summed E-state index contributed by atoms with van der Waals surface area (Å²) in [5.74, 6) is -0.0145. The third-order valence-corrected chi connectivity index (χ3v) is 6.02. The van der Waals surface area contributed by atoms with Gasteiger partial charge in [-0.15, -0.1) is 17.9 Å². The highest BCUT2D eigenvalue weighted by Crippen LogP contribution is 2.27. The number of benzene rings is 1. The summed E-state index contributed by atoms with van der Waals surface area (Å²) in [4.78, 5) is 32.8. The Morgan fingerprint density at radius 3 is 2.78 bits per heavy atom. The Bertz CT molecular complexity index is 1010. The second-order valence-corrected chi connectivity index (χ2v) is 8.12. The first-order valence-corrected chi connectivity index (χ1v) is 10.4. The molecule has 27 heavy (non-hydrogen) atoms. The largest absolute Gasteiger partial charge is 0.312 e. The molecule has 3 rings (SSSR count). The van der Waals surface area contributed by atoms with Gasteiger partial charge in [-0.25, -0.2) is 4.98 Å². The fourth-order valence-corrected chi connectivity index (χ4v) is 4.60. The summed E-state index contributed by atoms with van der Waals surface area (Å²) in [7, 11) is 0. The number of thioether (sulfide) groups is 1. The van der Waals surface area contributed by atoms with Crippen molar-refractivity contribution in [1.82, 2.24) is 9.55 Å². The number of carbonyl (C=O) groups excluding carboxylic acids is 1. The average Bonchev–Trinajstić information content (AvgIpc) is 3.15. The van der Waals surface area contributed by atoms with Crippen LogP contribution in [0.4, 0.5) is 5.69 Å². The highest BCUT2D eigenvalue weighted by molar-refractivity contribution is 8.00. The predicted molar refractivity (Wildman–Crippen MR) is 114 cm³/mol. The van der Waals surface area contributed by atoms with Crippen LogP contribution < -0.4 is 10.5 Å². The van der Waals surface area contributed by atoms with Crippen molar-refractivity contribution in [2.75, 3.05) is 11.4 Å². The molecule has 0 radical (unpaired) electrons. The average molecular weight is 400 g/mol. The van der Waals surface area contributed by atoms with Crippen LogP contribution in [0.25, 0.3) is 10.2 Å². The smallest absolute Gasteiger partial charge is 0.263 e. The molecule has 1 atom stereocenters. The lowest BCUT2D eigenvalue weighted by Gasteiger charge is -2.24. The molecule has 0 fully saturated rings. The van der Waals surface area contributed by atoms with Crippen LogP contribution in [0.15, 0.2) is 64.4 Å². The summed E-state index contributed by atoms with van der Waals surface area (Å²) in [5, 5.41) is 2.61. The van der Waals surface area contributed by atoms with E-state index in [1.54, 1.807) is 21.6 Å². The lowest BCUT2D eigenvalue weighted by Crippen LogP contribution is -2.37. The third kappa shape index (κ3) is 3.99. The molecule has 0 aliphatic carbocycles. The number of aromatic nitrogens is 2. The minimum absolute atomic E-state index is 0.0145. The zero-order valence-corrected chi connectivity index (χ0v) is 16.9. The van der Waals surface area contributed by atoms with Gasteiger partial charge in [0.25, 0.3) is 5.56 Å². The quantitative estimate of drug-likeness (QED) is 0.340. The molecule has 0 aliphatic heterocycles. The monoisotopic (exact) mass is 399 g/mol. The van der Waals surface area contributed by atoms with Crippen molar-refractivity contribution < 1.29 is 4.79 Å². The van der Waals surface area contributed by atoms with E-state index in [-0.39, 0.29) is 16.7 Å². The molecule has 2 heterocycles. The first kappa shape index (κ1) is 19.4. The van der Waals surface area contributed by atoms with Gasteiger partial charge in [-0.1, -0.05) is 36.0 Å². The van der Waals surface area contributed by atoms with Crippen molar-refractivity contribution in [2.24, 2.45) is 0 Å². The van der Waals surface area contributed by atoms with E-state index < -0.39 is 0 Å². The summed E-state index contributed by atoms with van der Waals surface area (Å²) >= 11 is 2.74. The van der Waals surface area contributed by atoms with Crippen molar-refractivity contribution in [3.63, 3.8) is 0 Å². The van der Waals surface area contributed by atoms with Crippen molar-refractivity contribution in [3.8, 4) is 0 Å². The van der Waals surface area contributed by atoms with E-state index in [4.69, 9.17) is 0 Å². The minimum Gasteiger partial charge on any atom is -0.312 e. The van der Waals surface area contributed by atoms with E-state index in [1.807, 2.05) is 49.6 Å². The van der Waals surface area contributed by atoms with E-state index in [0.717, 1.165) is 5.69 Å². The summed E-state index contributed by atoms with van der Waals surface area (Å²) in [6, 6.07) is 11.4. The Labute approximate surface area is 166 Å². The van der Waals surface area contributed by atoms with E-state index in [0.29, 0.717) is 28.5 Å². The van der Waals surface area contributed by atoms with Crippen LogP contribution >= 0.6 is 23.1 Å². The second kappa shape index (κ2) is 8.54. The van der Waals surface area contributed by atoms with Gasteiger partial charge in [0.2, 0.25) is 5.91 Å². The van der Waals surface area contributed by atoms with Crippen LogP contribution in [0.2, 0.25) is 0 Å². The summed E-state index contributed by atoms with van der Waals surface area (Å²) < 4.78 is 1.58. The van der Waals surface area contributed by atoms with Crippen molar-refractivity contribution in [3.05, 3.63) is 64.8 Å². The Hall–Kier alpha value is -2.38. The molecular formula is C20H21N3O2S2. The van der Waals surface area contributed by atoms with Crippen LogP contribution in [-0.2, 0) is 11.3 Å². The Morgan fingerprint density at radius 1 is 1.37 bits per heavy atom. The second-order valence-electron chi connectivity index (χ2n) is 5.92. The number of para-hydroxylation sites is 1. The number of hydrogen-bond donors (Lipinski definition) is 0. The molecule has 5 nitrogen and oxygen atoms in total. The molecule has 0 N–H and O–H groups in total. The van der Waals surface area contributed by atoms with Gasteiger partial charge < -0.3 is 4.90 Å². The van der Waals surface area contributed by atoms with Crippen molar-refractivity contribution in [1.29, 1.82) is 0 Å². The molecule has 0 aliphatic rings. The van der Waals surface area contributed by atoms with Gasteiger partial charge in [0, 0.05) is 18.8 Å². The van der Waals surface area contributed by atoms with Gasteiger partial charge >= 0.3 is 0 Å². The number of anilines is 1. The normalized spacial score (nSPS) is 12.1.